The lowest BCUT2D eigenvalue weighted by molar-refractivity contribution is -0.120. The molecule has 17 heavy (non-hydrogen) atoms. The third-order valence-electron chi connectivity index (χ3n) is 3.21. The number of carbonyl (C=O) groups excluding carboxylic acids is 1. The third-order valence-corrected chi connectivity index (χ3v) is 3.21. The van der Waals surface area contributed by atoms with Gasteiger partial charge in [-0.05, 0) is 31.2 Å². The zero-order valence-electron chi connectivity index (χ0n) is 10.3. The molecule has 0 spiro atoms. The highest BCUT2D eigenvalue weighted by Gasteiger charge is 2.28. The summed E-state index contributed by atoms with van der Waals surface area (Å²) in [6.45, 7) is 2.64. The Labute approximate surface area is 102 Å². The Morgan fingerprint density at radius 1 is 1.53 bits per heavy atom. The van der Waals surface area contributed by atoms with Crippen LogP contribution in [0.15, 0.2) is 24.3 Å². The van der Waals surface area contributed by atoms with E-state index in [1.165, 1.54) is 18.4 Å². The maximum atomic E-state index is 11.7. The van der Waals surface area contributed by atoms with Gasteiger partial charge in [0.05, 0.1) is 6.42 Å². The topological polar surface area (TPSA) is 55.1 Å². The average Bonchev–Trinajstić information content (AvgIpc) is 3.09. The normalized spacial score (nSPS) is 16.6. The molecule has 92 valence electrons. The first-order chi connectivity index (χ1) is 8.15. The number of amides is 1. The number of hydrogen-bond donors (Lipinski definition) is 2. The Morgan fingerprint density at radius 3 is 2.94 bits per heavy atom. The molecule has 2 rings (SSSR count). The van der Waals surface area contributed by atoms with Crippen LogP contribution in [-0.2, 0) is 11.2 Å². The second kappa shape index (κ2) is 5.32. The molecule has 1 aliphatic rings. The minimum Gasteiger partial charge on any atom is -0.354 e. The molecule has 3 heteroatoms. The number of hydrogen-bond acceptors (Lipinski definition) is 2. The highest BCUT2D eigenvalue weighted by molar-refractivity contribution is 5.78. The number of benzene rings is 1. The molecule has 0 radical (unpaired) electrons. The summed E-state index contributed by atoms with van der Waals surface area (Å²) in [5, 5.41) is 2.91. The van der Waals surface area contributed by atoms with Crippen LogP contribution >= 0.6 is 0 Å². The van der Waals surface area contributed by atoms with E-state index in [-0.39, 0.29) is 11.9 Å². The Bertz CT molecular complexity index is 399. The average molecular weight is 232 g/mol. The van der Waals surface area contributed by atoms with Crippen molar-refractivity contribution in [3.8, 4) is 0 Å². The van der Waals surface area contributed by atoms with E-state index in [9.17, 15) is 4.79 Å². The van der Waals surface area contributed by atoms with Gasteiger partial charge in [-0.2, -0.15) is 0 Å². The van der Waals surface area contributed by atoms with Crippen molar-refractivity contribution in [3.05, 3.63) is 35.4 Å². The lowest BCUT2D eigenvalue weighted by Gasteiger charge is -2.11. The Morgan fingerprint density at radius 2 is 2.29 bits per heavy atom. The minimum atomic E-state index is 0.0618. The monoisotopic (exact) mass is 232 g/mol. The lowest BCUT2D eigenvalue weighted by Crippen LogP contribution is -2.39. The molecule has 1 aliphatic carbocycles. The fourth-order valence-electron chi connectivity index (χ4n) is 1.99. The van der Waals surface area contributed by atoms with Gasteiger partial charge in [0.25, 0.3) is 0 Å². The molecule has 1 atom stereocenters. The molecular weight excluding hydrogens is 212 g/mol. The molecule has 1 unspecified atom stereocenters. The number of nitrogens with two attached hydrogens (primary N) is 1. The summed E-state index contributed by atoms with van der Waals surface area (Å²) in [7, 11) is 0. The molecule has 1 amide bonds. The number of aryl methyl sites for hydroxylation is 1. The minimum absolute atomic E-state index is 0.0618. The van der Waals surface area contributed by atoms with Gasteiger partial charge in [-0.15, -0.1) is 0 Å². The van der Waals surface area contributed by atoms with Crippen molar-refractivity contribution in [1.82, 2.24) is 5.32 Å². The standard InChI is InChI=1S/C14H20N2O/c1-10-3-2-4-11(7-10)8-14(17)16-9-13(15)12-5-6-12/h2-4,7,12-13H,5-6,8-9,15H2,1H3,(H,16,17). The maximum absolute atomic E-state index is 11.7. The summed E-state index contributed by atoms with van der Waals surface area (Å²) in [6.07, 6.45) is 2.88. The lowest BCUT2D eigenvalue weighted by atomic mass is 10.1. The van der Waals surface area contributed by atoms with Gasteiger partial charge < -0.3 is 11.1 Å². The summed E-state index contributed by atoms with van der Waals surface area (Å²) in [6, 6.07) is 8.17. The molecule has 1 aromatic carbocycles. The number of rotatable bonds is 5. The van der Waals surface area contributed by atoms with Crippen molar-refractivity contribution in [1.29, 1.82) is 0 Å². The van der Waals surface area contributed by atoms with Crippen LogP contribution in [0.4, 0.5) is 0 Å². The van der Waals surface area contributed by atoms with Gasteiger partial charge in [0.15, 0.2) is 0 Å². The second-order valence-electron chi connectivity index (χ2n) is 4.97. The van der Waals surface area contributed by atoms with Gasteiger partial charge in [-0.25, -0.2) is 0 Å². The fourth-order valence-corrected chi connectivity index (χ4v) is 1.99. The van der Waals surface area contributed by atoms with E-state index >= 15 is 0 Å². The maximum Gasteiger partial charge on any atom is 0.224 e. The molecule has 1 fully saturated rings. The summed E-state index contributed by atoms with van der Waals surface area (Å²) >= 11 is 0. The van der Waals surface area contributed by atoms with Crippen LogP contribution in [0.5, 0.6) is 0 Å². The van der Waals surface area contributed by atoms with Crippen molar-refractivity contribution >= 4 is 5.91 Å². The molecule has 1 aromatic rings. The van der Waals surface area contributed by atoms with E-state index in [0.717, 1.165) is 5.56 Å². The van der Waals surface area contributed by atoms with Crippen LogP contribution in [0.3, 0.4) is 0 Å². The van der Waals surface area contributed by atoms with Gasteiger partial charge in [0.1, 0.15) is 0 Å². The molecule has 0 bridgehead atoms. The fraction of sp³-hybridized carbons (Fsp3) is 0.500. The van der Waals surface area contributed by atoms with E-state index in [2.05, 4.69) is 5.32 Å². The molecule has 3 N–H and O–H groups in total. The predicted molar refractivity (Wildman–Crippen MR) is 68.6 cm³/mol. The van der Waals surface area contributed by atoms with Crippen molar-refractivity contribution in [2.75, 3.05) is 6.54 Å². The zero-order chi connectivity index (χ0) is 12.3. The van der Waals surface area contributed by atoms with Gasteiger partial charge in [-0.1, -0.05) is 29.8 Å². The summed E-state index contributed by atoms with van der Waals surface area (Å²) in [4.78, 5) is 11.7. The van der Waals surface area contributed by atoms with Gasteiger partial charge in [0, 0.05) is 12.6 Å². The van der Waals surface area contributed by atoms with Crippen LogP contribution in [0.2, 0.25) is 0 Å². The zero-order valence-corrected chi connectivity index (χ0v) is 10.3. The molecule has 0 saturated heterocycles. The van der Waals surface area contributed by atoms with Crippen LogP contribution in [0, 0.1) is 12.8 Å². The Hall–Kier alpha value is -1.35. The first kappa shape index (κ1) is 12.1. The van der Waals surface area contributed by atoms with Crippen LogP contribution in [-0.4, -0.2) is 18.5 Å². The van der Waals surface area contributed by atoms with Gasteiger partial charge in [0.2, 0.25) is 5.91 Å². The van der Waals surface area contributed by atoms with Crippen molar-refractivity contribution in [2.24, 2.45) is 11.7 Å². The summed E-state index contributed by atoms with van der Waals surface area (Å²) in [5.74, 6) is 0.695. The summed E-state index contributed by atoms with van der Waals surface area (Å²) < 4.78 is 0. The van der Waals surface area contributed by atoms with Crippen molar-refractivity contribution in [3.63, 3.8) is 0 Å². The molecule has 3 nitrogen and oxygen atoms in total. The van der Waals surface area contributed by atoms with Crippen LogP contribution < -0.4 is 11.1 Å². The molecule has 0 heterocycles. The smallest absolute Gasteiger partial charge is 0.224 e. The molecule has 0 aliphatic heterocycles. The third kappa shape index (κ3) is 3.86. The van der Waals surface area contributed by atoms with Gasteiger partial charge >= 0.3 is 0 Å². The molecule has 0 aromatic heterocycles. The van der Waals surface area contributed by atoms with Crippen molar-refractivity contribution in [2.45, 2.75) is 32.2 Å². The van der Waals surface area contributed by atoms with Crippen LogP contribution in [0.25, 0.3) is 0 Å². The SMILES string of the molecule is Cc1cccc(CC(=O)NCC(N)C2CC2)c1. The second-order valence-corrected chi connectivity index (χ2v) is 4.97. The van der Waals surface area contributed by atoms with E-state index in [1.54, 1.807) is 0 Å². The van der Waals surface area contributed by atoms with Gasteiger partial charge in [-0.3, -0.25) is 4.79 Å². The quantitative estimate of drug-likeness (QED) is 0.806. The van der Waals surface area contributed by atoms with E-state index in [0.29, 0.717) is 18.9 Å². The Kier molecular flexibility index (Phi) is 3.79. The predicted octanol–water partition coefficient (Wildman–Crippen LogP) is 1.39. The molecular formula is C14H20N2O. The first-order valence-electron chi connectivity index (χ1n) is 6.23. The summed E-state index contributed by atoms with van der Waals surface area (Å²) in [5.41, 5.74) is 8.17. The van der Waals surface area contributed by atoms with E-state index < -0.39 is 0 Å². The highest BCUT2D eigenvalue weighted by Crippen LogP contribution is 2.31. The molecule has 1 saturated carbocycles. The first-order valence-corrected chi connectivity index (χ1v) is 6.23. The largest absolute Gasteiger partial charge is 0.354 e. The number of carbonyl (C=O) groups is 1. The van der Waals surface area contributed by atoms with Crippen LogP contribution in [0.1, 0.15) is 24.0 Å². The van der Waals surface area contributed by atoms with Crippen molar-refractivity contribution < 1.29 is 4.79 Å². The Balaban J connectivity index is 1.76. The van der Waals surface area contributed by atoms with E-state index in [1.807, 2.05) is 31.2 Å². The number of nitrogens with one attached hydrogen (secondary N) is 1. The van der Waals surface area contributed by atoms with E-state index in [4.69, 9.17) is 5.73 Å². The highest BCUT2D eigenvalue weighted by atomic mass is 16.1.